The van der Waals surface area contributed by atoms with Gasteiger partial charge in [0.25, 0.3) is 5.91 Å². The van der Waals surface area contributed by atoms with Crippen molar-refractivity contribution in [1.82, 2.24) is 10.6 Å². The molecule has 1 amide bonds. The van der Waals surface area contributed by atoms with Crippen molar-refractivity contribution in [2.45, 2.75) is 38.0 Å². The molecule has 2 atom stereocenters. The van der Waals surface area contributed by atoms with Gasteiger partial charge in [-0.15, -0.1) is 0 Å². The average Bonchev–Trinajstić information content (AvgIpc) is 3.02. The fraction of sp³-hybridized carbons (Fsp3) is 0.632. The molecule has 0 spiro atoms. The number of ether oxygens (including phenoxy) is 1. The largest absolute Gasteiger partial charge is 0.493 e. The van der Waals surface area contributed by atoms with Crippen LogP contribution < -0.4 is 15.4 Å². The van der Waals surface area contributed by atoms with Gasteiger partial charge in [-0.1, -0.05) is 25.3 Å². The predicted molar refractivity (Wildman–Crippen MR) is 89.9 cm³/mol. The number of amides is 1. The molecule has 2 aliphatic heterocycles. The summed E-state index contributed by atoms with van der Waals surface area (Å²) in [5.74, 6) is 2.52. The minimum Gasteiger partial charge on any atom is -0.493 e. The fourth-order valence-corrected chi connectivity index (χ4v) is 4.34. The summed E-state index contributed by atoms with van der Waals surface area (Å²) in [7, 11) is 0. The van der Waals surface area contributed by atoms with Crippen molar-refractivity contribution < 1.29 is 9.53 Å². The van der Waals surface area contributed by atoms with Crippen molar-refractivity contribution >= 4 is 5.91 Å². The molecule has 0 radical (unpaired) electrons. The van der Waals surface area contributed by atoms with Crippen molar-refractivity contribution in [3.63, 3.8) is 0 Å². The van der Waals surface area contributed by atoms with Crippen LogP contribution in [0.15, 0.2) is 18.2 Å². The van der Waals surface area contributed by atoms with E-state index < -0.39 is 0 Å². The monoisotopic (exact) mass is 314 g/mol. The van der Waals surface area contributed by atoms with Crippen molar-refractivity contribution in [3.05, 3.63) is 29.3 Å². The van der Waals surface area contributed by atoms with Gasteiger partial charge in [-0.25, -0.2) is 0 Å². The minimum atomic E-state index is 0.0533. The molecule has 23 heavy (non-hydrogen) atoms. The minimum absolute atomic E-state index is 0.0533. The number of hydrogen-bond donors (Lipinski definition) is 2. The maximum absolute atomic E-state index is 12.4. The summed E-state index contributed by atoms with van der Waals surface area (Å²) < 4.78 is 6.02. The zero-order valence-corrected chi connectivity index (χ0v) is 13.6. The van der Waals surface area contributed by atoms with Gasteiger partial charge in [0, 0.05) is 31.1 Å². The van der Waals surface area contributed by atoms with E-state index >= 15 is 0 Å². The molecule has 2 heterocycles. The van der Waals surface area contributed by atoms with Gasteiger partial charge < -0.3 is 15.4 Å². The molecule has 4 nitrogen and oxygen atoms in total. The quantitative estimate of drug-likeness (QED) is 0.902. The first-order chi connectivity index (χ1) is 11.3. The Labute approximate surface area is 138 Å². The van der Waals surface area contributed by atoms with Crippen LogP contribution in [-0.4, -0.2) is 32.1 Å². The van der Waals surface area contributed by atoms with E-state index in [2.05, 4.69) is 22.8 Å². The molecule has 0 bridgehead atoms. The van der Waals surface area contributed by atoms with E-state index in [-0.39, 0.29) is 5.91 Å². The van der Waals surface area contributed by atoms with E-state index in [1.807, 2.05) is 6.07 Å². The summed E-state index contributed by atoms with van der Waals surface area (Å²) in [5, 5.41) is 6.52. The van der Waals surface area contributed by atoms with E-state index in [1.165, 1.54) is 37.7 Å². The van der Waals surface area contributed by atoms with Gasteiger partial charge in [-0.2, -0.15) is 0 Å². The number of nitrogens with one attached hydrogen (secondary N) is 2. The maximum Gasteiger partial charge on any atom is 0.251 e. The Hall–Kier alpha value is -1.55. The molecule has 2 N–H and O–H groups in total. The van der Waals surface area contributed by atoms with Crippen LogP contribution in [0, 0.1) is 11.8 Å². The summed E-state index contributed by atoms with van der Waals surface area (Å²) in [4.78, 5) is 12.4. The molecule has 4 rings (SSSR count). The van der Waals surface area contributed by atoms with Crippen LogP contribution in [0.2, 0.25) is 0 Å². The van der Waals surface area contributed by atoms with Gasteiger partial charge in [0.2, 0.25) is 0 Å². The highest BCUT2D eigenvalue weighted by Gasteiger charge is 2.34. The molecule has 1 aromatic rings. The molecular formula is C19H26N2O2. The Morgan fingerprint density at radius 2 is 1.96 bits per heavy atom. The molecule has 0 unspecified atom stereocenters. The first kappa shape index (κ1) is 15.0. The third-order valence-electron chi connectivity index (χ3n) is 5.74. The molecule has 124 valence electrons. The van der Waals surface area contributed by atoms with E-state index in [4.69, 9.17) is 4.74 Å². The number of carbonyl (C=O) groups excluding carboxylic acids is 1. The highest BCUT2D eigenvalue weighted by Crippen LogP contribution is 2.34. The lowest BCUT2D eigenvalue weighted by molar-refractivity contribution is 0.0951. The summed E-state index contributed by atoms with van der Waals surface area (Å²) in [6.07, 6.45) is 6.58. The second kappa shape index (κ2) is 6.52. The molecule has 1 aromatic carbocycles. The topological polar surface area (TPSA) is 50.4 Å². The maximum atomic E-state index is 12.4. The van der Waals surface area contributed by atoms with Crippen LogP contribution in [-0.2, 0) is 0 Å². The summed E-state index contributed by atoms with van der Waals surface area (Å²) >= 11 is 0. The number of rotatable bonds is 3. The first-order valence-corrected chi connectivity index (χ1v) is 9.07. The highest BCUT2D eigenvalue weighted by atomic mass is 16.5. The lowest BCUT2D eigenvalue weighted by Crippen LogP contribution is -2.28. The molecular weight excluding hydrogens is 288 g/mol. The Morgan fingerprint density at radius 1 is 1.09 bits per heavy atom. The summed E-state index contributed by atoms with van der Waals surface area (Å²) in [5.41, 5.74) is 1.99. The van der Waals surface area contributed by atoms with Crippen LogP contribution in [0.4, 0.5) is 0 Å². The molecule has 1 aliphatic carbocycles. The van der Waals surface area contributed by atoms with Crippen molar-refractivity contribution in [2.75, 3.05) is 26.2 Å². The van der Waals surface area contributed by atoms with Crippen LogP contribution in [0.25, 0.3) is 0 Å². The Morgan fingerprint density at radius 3 is 2.83 bits per heavy atom. The molecule has 1 saturated carbocycles. The zero-order chi connectivity index (χ0) is 15.6. The fourth-order valence-electron chi connectivity index (χ4n) is 4.34. The number of benzene rings is 1. The van der Waals surface area contributed by atoms with Crippen molar-refractivity contribution in [2.24, 2.45) is 11.8 Å². The van der Waals surface area contributed by atoms with Crippen LogP contribution in [0.5, 0.6) is 5.75 Å². The van der Waals surface area contributed by atoms with Crippen molar-refractivity contribution in [3.8, 4) is 5.75 Å². The van der Waals surface area contributed by atoms with Gasteiger partial charge in [0.05, 0.1) is 6.61 Å². The van der Waals surface area contributed by atoms with E-state index in [0.29, 0.717) is 17.8 Å². The summed E-state index contributed by atoms with van der Waals surface area (Å²) in [6, 6.07) is 6.12. The highest BCUT2D eigenvalue weighted by molar-refractivity contribution is 5.96. The number of fused-ring (bicyclic) bond motifs is 3. The molecule has 0 aromatic heterocycles. The van der Waals surface area contributed by atoms with E-state index in [0.717, 1.165) is 37.6 Å². The second-order valence-electron chi connectivity index (χ2n) is 7.30. The average molecular weight is 314 g/mol. The van der Waals surface area contributed by atoms with E-state index in [9.17, 15) is 4.79 Å². The smallest absolute Gasteiger partial charge is 0.251 e. The van der Waals surface area contributed by atoms with Crippen LogP contribution in [0.1, 0.15) is 53.9 Å². The molecule has 3 aliphatic rings. The lowest BCUT2D eigenvalue weighted by Gasteiger charge is -2.22. The second-order valence-corrected chi connectivity index (χ2v) is 7.30. The molecule has 4 heteroatoms. The van der Waals surface area contributed by atoms with E-state index in [1.54, 1.807) is 0 Å². The van der Waals surface area contributed by atoms with Gasteiger partial charge in [0.15, 0.2) is 0 Å². The predicted octanol–water partition coefficient (Wildman–Crippen LogP) is 2.69. The normalized spacial score (nSPS) is 27.7. The van der Waals surface area contributed by atoms with Gasteiger partial charge >= 0.3 is 0 Å². The standard InChI is InChI=1S/C19H26N2O2/c22-19-17-8-15(23-12-13-4-2-1-3-5-13)6-7-16(17)18-11-20-9-14(18)10-21-19/h6-8,13-14,18,20H,1-5,9-12H2,(H,21,22)/t14-,18+/m0/s1. The number of hydrogen-bond acceptors (Lipinski definition) is 3. The van der Waals surface area contributed by atoms with Gasteiger partial charge in [-0.05, 0) is 42.4 Å². The Kier molecular flexibility index (Phi) is 4.25. The van der Waals surface area contributed by atoms with Gasteiger partial charge in [0.1, 0.15) is 5.75 Å². The lowest BCUT2D eigenvalue weighted by atomic mass is 9.87. The summed E-state index contributed by atoms with van der Waals surface area (Å²) in [6.45, 7) is 3.51. The van der Waals surface area contributed by atoms with Gasteiger partial charge in [-0.3, -0.25) is 4.79 Å². The molecule has 1 saturated heterocycles. The molecule has 2 fully saturated rings. The van der Waals surface area contributed by atoms with Crippen molar-refractivity contribution in [1.29, 1.82) is 0 Å². The van der Waals surface area contributed by atoms with Crippen LogP contribution >= 0.6 is 0 Å². The Balaban J connectivity index is 1.51. The third kappa shape index (κ3) is 3.09. The SMILES string of the molecule is O=C1NC[C@@H]2CNC[C@H]2c2ccc(OCC3CCCCC3)cc21. The first-order valence-electron chi connectivity index (χ1n) is 9.07. The zero-order valence-electron chi connectivity index (χ0n) is 13.6. The van der Waals surface area contributed by atoms with Crippen LogP contribution in [0.3, 0.4) is 0 Å². The third-order valence-corrected chi connectivity index (χ3v) is 5.74. The Bertz CT molecular complexity index is 581. The number of carbonyl (C=O) groups is 1.